The van der Waals surface area contributed by atoms with Crippen LogP contribution in [0.25, 0.3) is 0 Å². The summed E-state index contributed by atoms with van der Waals surface area (Å²) in [5.74, 6) is -1.22. The Morgan fingerprint density at radius 3 is 2.69 bits per heavy atom. The van der Waals surface area contributed by atoms with Crippen LogP contribution in [0.3, 0.4) is 0 Å². The number of aromatic nitrogens is 2. The minimum absolute atomic E-state index is 0.106. The van der Waals surface area contributed by atoms with Crippen molar-refractivity contribution < 1.29 is 19.2 Å². The molecule has 9 nitrogen and oxygen atoms in total. The molecule has 0 spiro atoms. The Balaban J connectivity index is 1.41. The number of carbonyl (C=O) groups is 4. The Labute approximate surface area is 166 Å². The Morgan fingerprint density at radius 2 is 1.93 bits per heavy atom. The summed E-state index contributed by atoms with van der Waals surface area (Å²) >= 11 is 0. The number of nitrogens with one attached hydrogen (secondary N) is 2. The molecule has 2 aliphatic heterocycles. The maximum absolute atomic E-state index is 12.8. The van der Waals surface area contributed by atoms with Crippen LogP contribution in [0.15, 0.2) is 36.8 Å². The van der Waals surface area contributed by atoms with E-state index in [9.17, 15) is 19.2 Å². The number of benzene rings is 1. The maximum atomic E-state index is 12.8. The predicted molar refractivity (Wildman–Crippen MR) is 102 cm³/mol. The quantitative estimate of drug-likeness (QED) is 0.553. The van der Waals surface area contributed by atoms with Gasteiger partial charge < -0.3 is 5.32 Å². The van der Waals surface area contributed by atoms with Gasteiger partial charge in [-0.1, -0.05) is 6.07 Å². The van der Waals surface area contributed by atoms with Crippen LogP contribution in [-0.2, 0) is 16.0 Å². The lowest BCUT2D eigenvalue weighted by atomic mass is 10.0. The zero-order valence-corrected chi connectivity index (χ0v) is 15.6. The van der Waals surface area contributed by atoms with Gasteiger partial charge in [0.15, 0.2) is 0 Å². The number of imide groups is 2. The van der Waals surface area contributed by atoms with E-state index < -0.39 is 23.8 Å². The molecule has 148 valence electrons. The lowest BCUT2D eigenvalue weighted by molar-refractivity contribution is -0.136. The molecule has 4 rings (SSSR count). The summed E-state index contributed by atoms with van der Waals surface area (Å²) in [6.07, 6.45) is 4.91. The Kier molecular flexibility index (Phi) is 5.03. The fourth-order valence-electron chi connectivity index (χ4n) is 3.58. The molecule has 1 aromatic carbocycles. The van der Waals surface area contributed by atoms with Crippen molar-refractivity contribution in [2.45, 2.75) is 31.7 Å². The minimum Gasteiger partial charge on any atom is -0.370 e. The van der Waals surface area contributed by atoms with Gasteiger partial charge >= 0.3 is 0 Å². The Morgan fingerprint density at radius 1 is 1.10 bits per heavy atom. The molecule has 0 bridgehead atoms. The number of aryl methyl sites for hydroxylation is 1. The van der Waals surface area contributed by atoms with Crippen molar-refractivity contribution in [3.05, 3.63) is 53.5 Å². The van der Waals surface area contributed by atoms with E-state index in [1.165, 1.54) is 6.33 Å². The SMILES string of the molecule is O=C1CCC(N2C(=O)c3ccc(CCCNc4ccncn4)cc3C2=O)C(=O)N1. The first-order chi connectivity index (χ1) is 14.0. The lowest BCUT2D eigenvalue weighted by Gasteiger charge is -2.27. The van der Waals surface area contributed by atoms with Crippen molar-refractivity contribution in [3.8, 4) is 0 Å². The number of hydrogen-bond acceptors (Lipinski definition) is 7. The van der Waals surface area contributed by atoms with Crippen molar-refractivity contribution in [1.29, 1.82) is 0 Å². The molecular formula is C20H19N5O4. The summed E-state index contributed by atoms with van der Waals surface area (Å²) in [5, 5.41) is 5.38. The molecule has 3 heterocycles. The molecule has 1 aromatic heterocycles. The van der Waals surface area contributed by atoms with E-state index in [2.05, 4.69) is 20.6 Å². The van der Waals surface area contributed by atoms with Gasteiger partial charge in [-0.05, 0) is 43.0 Å². The van der Waals surface area contributed by atoms with Crippen LogP contribution in [0, 0.1) is 0 Å². The molecule has 0 radical (unpaired) electrons. The van der Waals surface area contributed by atoms with Gasteiger partial charge in [-0.3, -0.25) is 29.4 Å². The summed E-state index contributed by atoms with van der Waals surface area (Å²) in [7, 11) is 0. The highest BCUT2D eigenvalue weighted by molar-refractivity contribution is 6.23. The predicted octanol–water partition coefficient (Wildman–Crippen LogP) is 0.922. The summed E-state index contributed by atoms with van der Waals surface area (Å²) in [5.41, 5.74) is 1.53. The lowest BCUT2D eigenvalue weighted by Crippen LogP contribution is -2.54. The molecular weight excluding hydrogens is 374 g/mol. The van der Waals surface area contributed by atoms with Crippen molar-refractivity contribution in [1.82, 2.24) is 20.2 Å². The summed E-state index contributed by atoms with van der Waals surface area (Å²) < 4.78 is 0. The second-order valence-electron chi connectivity index (χ2n) is 6.95. The maximum Gasteiger partial charge on any atom is 0.262 e. The zero-order valence-electron chi connectivity index (χ0n) is 15.6. The van der Waals surface area contributed by atoms with E-state index in [0.29, 0.717) is 24.1 Å². The number of hydrogen-bond donors (Lipinski definition) is 2. The molecule has 1 saturated heterocycles. The summed E-state index contributed by atoms with van der Waals surface area (Å²) in [4.78, 5) is 57.9. The third-order valence-corrected chi connectivity index (χ3v) is 5.03. The van der Waals surface area contributed by atoms with Crippen molar-refractivity contribution >= 4 is 29.4 Å². The van der Waals surface area contributed by atoms with Gasteiger partial charge in [-0.15, -0.1) is 0 Å². The van der Waals surface area contributed by atoms with Crippen LogP contribution in [0.1, 0.15) is 45.5 Å². The van der Waals surface area contributed by atoms with Gasteiger partial charge in [-0.2, -0.15) is 0 Å². The first-order valence-corrected chi connectivity index (χ1v) is 9.39. The molecule has 1 unspecified atom stereocenters. The van der Waals surface area contributed by atoms with Gasteiger partial charge in [0.1, 0.15) is 18.2 Å². The number of amides is 4. The largest absolute Gasteiger partial charge is 0.370 e. The molecule has 2 aromatic rings. The zero-order chi connectivity index (χ0) is 20.4. The number of anilines is 1. The standard InChI is InChI=1S/C20H19N5O4/c26-17-6-5-15(18(27)24-17)25-19(28)13-4-3-12(10-14(13)20(25)29)2-1-8-22-16-7-9-21-11-23-16/h3-4,7,9-11,15H,1-2,5-6,8H2,(H,21,22,23)(H,24,26,27). The van der Waals surface area contributed by atoms with Crippen LogP contribution in [-0.4, -0.2) is 51.1 Å². The topological polar surface area (TPSA) is 121 Å². The molecule has 29 heavy (non-hydrogen) atoms. The van der Waals surface area contributed by atoms with Crippen LogP contribution in [0.2, 0.25) is 0 Å². The highest BCUT2D eigenvalue weighted by atomic mass is 16.2. The van der Waals surface area contributed by atoms with Crippen molar-refractivity contribution in [2.24, 2.45) is 0 Å². The van der Waals surface area contributed by atoms with E-state index in [1.807, 2.05) is 6.07 Å². The van der Waals surface area contributed by atoms with Gasteiger partial charge in [0.2, 0.25) is 11.8 Å². The third-order valence-electron chi connectivity index (χ3n) is 5.03. The highest BCUT2D eigenvalue weighted by Crippen LogP contribution is 2.28. The molecule has 1 fully saturated rings. The van der Waals surface area contributed by atoms with E-state index in [4.69, 9.17) is 0 Å². The molecule has 0 aliphatic carbocycles. The summed E-state index contributed by atoms with van der Waals surface area (Å²) in [6, 6.07) is 6.01. The second kappa shape index (κ2) is 7.78. The first kappa shape index (κ1) is 18.7. The van der Waals surface area contributed by atoms with E-state index >= 15 is 0 Å². The fourth-order valence-corrected chi connectivity index (χ4v) is 3.58. The number of carbonyl (C=O) groups excluding carboxylic acids is 4. The summed E-state index contributed by atoms with van der Waals surface area (Å²) in [6.45, 7) is 0.698. The average molecular weight is 393 g/mol. The molecule has 2 N–H and O–H groups in total. The molecule has 9 heteroatoms. The van der Waals surface area contributed by atoms with Crippen LogP contribution in [0.4, 0.5) is 5.82 Å². The highest BCUT2D eigenvalue weighted by Gasteiger charge is 2.44. The van der Waals surface area contributed by atoms with Crippen LogP contribution < -0.4 is 10.6 Å². The number of fused-ring (bicyclic) bond motifs is 1. The van der Waals surface area contributed by atoms with Crippen molar-refractivity contribution in [2.75, 3.05) is 11.9 Å². The van der Waals surface area contributed by atoms with Gasteiger partial charge in [0, 0.05) is 19.2 Å². The Bertz CT molecular complexity index is 992. The molecule has 2 aliphatic rings. The first-order valence-electron chi connectivity index (χ1n) is 9.39. The minimum atomic E-state index is -0.944. The van der Waals surface area contributed by atoms with Gasteiger partial charge in [-0.25, -0.2) is 9.97 Å². The number of piperidine rings is 1. The van der Waals surface area contributed by atoms with Crippen molar-refractivity contribution in [3.63, 3.8) is 0 Å². The smallest absolute Gasteiger partial charge is 0.262 e. The molecule has 0 saturated carbocycles. The van der Waals surface area contributed by atoms with Crippen LogP contribution in [0.5, 0.6) is 0 Å². The van der Waals surface area contributed by atoms with E-state index in [1.54, 1.807) is 24.4 Å². The van der Waals surface area contributed by atoms with Gasteiger partial charge in [0.05, 0.1) is 11.1 Å². The van der Waals surface area contributed by atoms with E-state index in [0.717, 1.165) is 22.7 Å². The second-order valence-corrected chi connectivity index (χ2v) is 6.95. The number of nitrogens with zero attached hydrogens (tertiary/aromatic N) is 3. The monoisotopic (exact) mass is 393 g/mol. The third kappa shape index (κ3) is 3.71. The Hall–Kier alpha value is -3.62. The van der Waals surface area contributed by atoms with Gasteiger partial charge in [0.25, 0.3) is 11.8 Å². The normalized spacial score (nSPS) is 18.6. The van der Waals surface area contributed by atoms with Crippen LogP contribution >= 0.6 is 0 Å². The molecule has 4 amide bonds. The average Bonchev–Trinajstić information content (AvgIpc) is 2.96. The molecule has 1 atom stereocenters. The number of rotatable bonds is 6. The fraction of sp³-hybridized carbons (Fsp3) is 0.300. The van der Waals surface area contributed by atoms with E-state index in [-0.39, 0.29) is 18.7 Å².